The van der Waals surface area contributed by atoms with Crippen LogP contribution in [0.1, 0.15) is 30.5 Å². The summed E-state index contributed by atoms with van der Waals surface area (Å²) < 4.78 is 13.8. The van der Waals surface area contributed by atoms with Gasteiger partial charge in [-0.1, -0.05) is 42.8 Å². The molecule has 0 heterocycles. The second-order valence-electron chi connectivity index (χ2n) is 4.49. The highest BCUT2D eigenvalue weighted by Gasteiger charge is 2.12. The molecule has 0 aromatic heterocycles. The first-order valence-electron chi connectivity index (χ1n) is 6.28. The Balaban J connectivity index is 2.20. The number of hydrogen-bond acceptors (Lipinski definition) is 1. The molecule has 2 rings (SSSR count). The number of halogens is 1. The molecule has 2 aromatic rings. The van der Waals surface area contributed by atoms with E-state index >= 15 is 0 Å². The van der Waals surface area contributed by atoms with Gasteiger partial charge < -0.3 is 5.32 Å². The van der Waals surface area contributed by atoms with Crippen LogP contribution in [0, 0.1) is 12.7 Å². The van der Waals surface area contributed by atoms with Crippen LogP contribution in [0.3, 0.4) is 0 Å². The van der Waals surface area contributed by atoms with E-state index in [2.05, 4.69) is 31.3 Å². The van der Waals surface area contributed by atoms with E-state index in [4.69, 9.17) is 0 Å². The molecule has 0 fully saturated rings. The molecule has 1 N–H and O–H groups in total. The van der Waals surface area contributed by atoms with E-state index in [-0.39, 0.29) is 11.9 Å². The Morgan fingerprint density at radius 1 is 1.06 bits per heavy atom. The lowest BCUT2D eigenvalue weighted by atomic mass is 10.0. The van der Waals surface area contributed by atoms with Gasteiger partial charge in [-0.05, 0) is 31.5 Å². The van der Waals surface area contributed by atoms with Gasteiger partial charge in [0.15, 0.2) is 0 Å². The highest BCUT2D eigenvalue weighted by molar-refractivity contribution is 5.46. The number of hydrogen-bond donors (Lipinski definition) is 1. The summed E-state index contributed by atoms with van der Waals surface area (Å²) in [5.41, 5.74) is 2.97. The van der Waals surface area contributed by atoms with Gasteiger partial charge in [-0.3, -0.25) is 0 Å². The molecule has 94 valence electrons. The third kappa shape index (κ3) is 2.89. The van der Waals surface area contributed by atoms with Crippen molar-refractivity contribution in [1.82, 2.24) is 0 Å². The third-order valence-electron chi connectivity index (χ3n) is 3.08. The van der Waals surface area contributed by atoms with E-state index in [1.54, 1.807) is 6.07 Å². The minimum Gasteiger partial charge on any atom is -0.378 e. The molecule has 1 unspecified atom stereocenters. The Kier molecular flexibility index (Phi) is 3.98. The van der Waals surface area contributed by atoms with Crippen molar-refractivity contribution < 1.29 is 4.39 Å². The summed E-state index contributed by atoms with van der Waals surface area (Å²) in [5.74, 6) is -0.149. The van der Waals surface area contributed by atoms with Crippen molar-refractivity contribution >= 4 is 5.69 Å². The minimum absolute atomic E-state index is 0.00825. The standard InChI is InChI=1S/C16H18FN/c1-3-16(14-6-4-5-7-15(14)17)18-13-10-8-12(2)9-11-13/h4-11,16,18H,3H2,1-2H3. The van der Waals surface area contributed by atoms with Gasteiger partial charge in [0, 0.05) is 11.3 Å². The fourth-order valence-corrected chi connectivity index (χ4v) is 2.01. The summed E-state index contributed by atoms with van der Waals surface area (Å²) in [7, 11) is 0. The lowest BCUT2D eigenvalue weighted by Gasteiger charge is -2.19. The fourth-order valence-electron chi connectivity index (χ4n) is 2.01. The van der Waals surface area contributed by atoms with Gasteiger partial charge in [-0.15, -0.1) is 0 Å². The molecule has 0 radical (unpaired) electrons. The number of aryl methyl sites for hydroxylation is 1. The molecule has 0 aliphatic carbocycles. The smallest absolute Gasteiger partial charge is 0.128 e. The lowest BCUT2D eigenvalue weighted by Crippen LogP contribution is -2.11. The van der Waals surface area contributed by atoms with Crippen molar-refractivity contribution in [3.05, 3.63) is 65.5 Å². The van der Waals surface area contributed by atoms with E-state index in [1.807, 2.05) is 24.3 Å². The van der Waals surface area contributed by atoms with Gasteiger partial charge in [-0.25, -0.2) is 4.39 Å². The number of rotatable bonds is 4. The third-order valence-corrected chi connectivity index (χ3v) is 3.08. The first-order chi connectivity index (χ1) is 8.70. The quantitative estimate of drug-likeness (QED) is 0.821. The molecule has 2 aromatic carbocycles. The van der Waals surface area contributed by atoms with Crippen LogP contribution in [0.15, 0.2) is 48.5 Å². The van der Waals surface area contributed by atoms with Crippen LogP contribution in [0.2, 0.25) is 0 Å². The van der Waals surface area contributed by atoms with Crippen molar-refractivity contribution in [3.63, 3.8) is 0 Å². The van der Waals surface area contributed by atoms with E-state index in [9.17, 15) is 4.39 Å². The second-order valence-corrected chi connectivity index (χ2v) is 4.49. The molecule has 0 aliphatic rings. The Labute approximate surface area is 108 Å². The van der Waals surface area contributed by atoms with Crippen molar-refractivity contribution in [2.45, 2.75) is 26.3 Å². The zero-order valence-corrected chi connectivity index (χ0v) is 10.8. The van der Waals surface area contributed by atoms with Crippen molar-refractivity contribution in [2.24, 2.45) is 0 Å². The van der Waals surface area contributed by atoms with Crippen LogP contribution >= 0.6 is 0 Å². The van der Waals surface area contributed by atoms with Gasteiger partial charge in [-0.2, -0.15) is 0 Å². The Morgan fingerprint density at radius 3 is 2.33 bits per heavy atom. The average Bonchev–Trinajstić information content (AvgIpc) is 2.39. The first-order valence-corrected chi connectivity index (χ1v) is 6.28. The molecule has 0 spiro atoms. The molecular weight excluding hydrogens is 225 g/mol. The highest BCUT2D eigenvalue weighted by atomic mass is 19.1. The van der Waals surface area contributed by atoms with Crippen LogP contribution in [0.4, 0.5) is 10.1 Å². The molecule has 0 saturated heterocycles. The first kappa shape index (κ1) is 12.6. The normalized spacial score (nSPS) is 12.2. The average molecular weight is 243 g/mol. The predicted molar refractivity (Wildman–Crippen MR) is 74.2 cm³/mol. The van der Waals surface area contributed by atoms with Crippen LogP contribution in [0.5, 0.6) is 0 Å². The maximum absolute atomic E-state index is 13.8. The highest BCUT2D eigenvalue weighted by Crippen LogP contribution is 2.24. The summed E-state index contributed by atoms with van der Waals surface area (Å²) in [5, 5.41) is 3.37. The molecule has 2 heteroatoms. The van der Waals surface area contributed by atoms with Gasteiger partial charge in [0.05, 0.1) is 6.04 Å². The number of benzene rings is 2. The zero-order chi connectivity index (χ0) is 13.0. The zero-order valence-electron chi connectivity index (χ0n) is 10.8. The van der Waals surface area contributed by atoms with Gasteiger partial charge in [0.1, 0.15) is 5.82 Å². The Morgan fingerprint density at radius 2 is 1.72 bits per heavy atom. The van der Waals surface area contributed by atoms with Crippen LogP contribution in [-0.4, -0.2) is 0 Å². The molecule has 1 atom stereocenters. The number of nitrogens with one attached hydrogen (secondary N) is 1. The molecule has 0 amide bonds. The molecule has 0 bridgehead atoms. The van der Waals surface area contributed by atoms with Crippen LogP contribution < -0.4 is 5.32 Å². The van der Waals surface area contributed by atoms with Gasteiger partial charge >= 0.3 is 0 Å². The molecule has 18 heavy (non-hydrogen) atoms. The largest absolute Gasteiger partial charge is 0.378 e. The summed E-state index contributed by atoms with van der Waals surface area (Å²) in [6, 6.07) is 15.1. The molecule has 0 saturated carbocycles. The summed E-state index contributed by atoms with van der Waals surface area (Å²) >= 11 is 0. The lowest BCUT2D eigenvalue weighted by molar-refractivity contribution is 0.587. The Hall–Kier alpha value is -1.83. The van der Waals surface area contributed by atoms with Crippen LogP contribution in [0.25, 0.3) is 0 Å². The van der Waals surface area contributed by atoms with E-state index in [1.165, 1.54) is 11.6 Å². The van der Waals surface area contributed by atoms with Gasteiger partial charge in [0.2, 0.25) is 0 Å². The second kappa shape index (κ2) is 5.67. The molecule has 0 aliphatic heterocycles. The topological polar surface area (TPSA) is 12.0 Å². The van der Waals surface area contributed by atoms with Crippen LogP contribution in [-0.2, 0) is 0 Å². The van der Waals surface area contributed by atoms with E-state index < -0.39 is 0 Å². The van der Waals surface area contributed by atoms with E-state index in [0.29, 0.717) is 0 Å². The van der Waals surface area contributed by atoms with Gasteiger partial charge in [0.25, 0.3) is 0 Å². The maximum Gasteiger partial charge on any atom is 0.128 e. The monoisotopic (exact) mass is 243 g/mol. The van der Waals surface area contributed by atoms with Crippen molar-refractivity contribution in [1.29, 1.82) is 0 Å². The summed E-state index contributed by atoms with van der Waals surface area (Å²) in [4.78, 5) is 0. The van der Waals surface area contributed by atoms with Crippen molar-refractivity contribution in [2.75, 3.05) is 5.32 Å². The minimum atomic E-state index is -0.149. The summed E-state index contributed by atoms with van der Waals surface area (Å²) in [6.45, 7) is 4.11. The maximum atomic E-state index is 13.8. The predicted octanol–water partition coefficient (Wildman–Crippen LogP) is 4.70. The summed E-state index contributed by atoms with van der Waals surface area (Å²) in [6.07, 6.45) is 0.842. The number of anilines is 1. The SMILES string of the molecule is CCC(Nc1ccc(C)cc1)c1ccccc1F. The molecule has 1 nitrogen and oxygen atoms in total. The Bertz CT molecular complexity index is 505. The molecular formula is C16H18FN. The van der Waals surface area contributed by atoms with Crippen molar-refractivity contribution in [3.8, 4) is 0 Å². The fraction of sp³-hybridized carbons (Fsp3) is 0.250. The van der Waals surface area contributed by atoms with E-state index in [0.717, 1.165) is 17.7 Å².